The summed E-state index contributed by atoms with van der Waals surface area (Å²) >= 11 is 0. The van der Waals surface area contributed by atoms with Crippen molar-refractivity contribution in [2.45, 2.75) is 19.9 Å². The third-order valence-corrected chi connectivity index (χ3v) is 2.69. The lowest BCUT2D eigenvalue weighted by Crippen LogP contribution is -2.24. The number of methoxy groups -OCH3 is 2. The van der Waals surface area contributed by atoms with E-state index in [0.29, 0.717) is 23.7 Å². The van der Waals surface area contributed by atoms with Crippen LogP contribution >= 0.6 is 0 Å². The molecule has 0 saturated carbocycles. The maximum atomic E-state index is 11.6. The van der Waals surface area contributed by atoms with Crippen molar-refractivity contribution in [3.05, 3.63) is 23.3 Å². The molecule has 0 aromatic heterocycles. The number of carbonyl (C=O) groups is 1. The van der Waals surface area contributed by atoms with E-state index in [1.807, 2.05) is 6.92 Å². The van der Waals surface area contributed by atoms with E-state index in [4.69, 9.17) is 19.9 Å². The van der Waals surface area contributed by atoms with E-state index < -0.39 is 12.0 Å². The summed E-state index contributed by atoms with van der Waals surface area (Å²) in [5, 5.41) is 0. The Kier molecular flexibility index (Phi) is 4.97. The molecule has 2 N–H and O–H groups in total. The highest BCUT2D eigenvalue weighted by molar-refractivity contribution is 5.79. The maximum Gasteiger partial charge on any atom is 0.327 e. The van der Waals surface area contributed by atoms with Gasteiger partial charge in [0, 0.05) is 11.1 Å². The summed E-state index contributed by atoms with van der Waals surface area (Å²) in [7, 11) is 3.11. The molecule has 5 nitrogen and oxygen atoms in total. The van der Waals surface area contributed by atoms with Crippen LogP contribution in [0.25, 0.3) is 0 Å². The summed E-state index contributed by atoms with van der Waals surface area (Å²) < 4.78 is 15.4. The van der Waals surface area contributed by atoms with E-state index in [-0.39, 0.29) is 0 Å². The van der Waals surface area contributed by atoms with E-state index >= 15 is 0 Å². The molecule has 0 aliphatic carbocycles. The first-order chi connectivity index (χ1) is 8.56. The number of ether oxygens (including phenoxy) is 3. The summed E-state index contributed by atoms with van der Waals surface area (Å²) in [5.41, 5.74) is 7.26. The third-order valence-electron chi connectivity index (χ3n) is 2.69. The smallest absolute Gasteiger partial charge is 0.327 e. The first kappa shape index (κ1) is 14.3. The van der Waals surface area contributed by atoms with E-state index in [9.17, 15) is 4.79 Å². The number of hydrogen-bond donors (Lipinski definition) is 1. The Hall–Kier alpha value is -1.75. The second kappa shape index (κ2) is 6.26. The van der Waals surface area contributed by atoms with Gasteiger partial charge in [-0.3, -0.25) is 0 Å². The Morgan fingerprint density at radius 2 is 2.00 bits per heavy atom. The number of esters is 1. The molecule has 0 radical (unpaired) electrons. The number of nitrogens with two attached hydrogens (primary N) is 1. The molecule has 1 aromatic rings. The molecule has 0 aliphatic rings. The summed E-state index contributed by atoms with van der Waals surface area (Å²) in [6.07, 6.45) is 0. The van der Waals surface area contributed by atoms with Crippen molar-refractivity contribution >= 4 is 5.97 Å². The van der Waals surface area contributed by atoms with Crippen molar-refractivity contribution in [2.24, 2.45) is 5.73 Å². The fourth-order valence-corrected chi connectivity index (χ4v) is 1.79. The molecular formula is C13H19NO4. The van der Waals surface area contributed by atoms with Crippen LogP contribution in [0.4, 0.5) is 0 Å². The van der Waals surface area contributed by atoms with Crippen molar-refractivity contribution < 1.29 is 19.0 Å². The van der Waals surface area contributed by atoms with Crippen molar-refractivity contribution in [1.82, 2.24) is 0 Å². The maximum absolute atomic E-state index is 11.6. The zero-order valence-electron chi connectivity index (χ0n) is 11.1. The molecule has 1 rings (SSSR count). The average molecular weight is 253 g/mol. The van der Waals surface area contributed by atoms with Crippen LogP contribution in [-0.2, 0) is 9.53 Å². The van der Waals surface area contributed by atoms with Gasteiger partial charge in [-0.15, -0.1) is 0 Å². The van der Waals surface area contributed by atoms with Crippen LogP contribution in [0, 0.1) is 6.92 Å². The molecular weight excluding hydrogens is 234 g/mol. The van der Waals surface area contributed by atoms with Gasteiger partial charge in [-0.1, -0.05) is 0 Å². The Morgan fingerprint density at radius 1 is 1.33 bits per heavy atom. The molecule has 100 valence electrons. The summed E-state index contributed by atoms with van der Waals surface area (Å²) in [4.78, 5) is 11.6. The Bertz CT molecular complexity index is 431. The highest BCUT2D eigenvalue weighted by atomic mass is 16.5. The quantitative estimate of drug-likeness (QED) is 0.807. The molecule has 0 amide bonds. The number of hydrogen-bond acceptors (Lipinski definition) is 5. The van der Waals surface area contributed by atoms with Crippen molar-refractivity contribution in [2.75, 3.05) is 20.8 Å². The topological polar surface area (TPSA) is 70.8 Å². The molecule has 1 atom stereocenters. The van der Waals surface area contributed by atoms with Crippen LogP contribution in [-0.4, -0.2) is 26.8 Å². The molecule has 0 fully saturated rings. The molecule has 5 heteroatoms. The van der Waals surface area contributed by atoms with Gasteiger partial charge in [0.2, 0.25) is 0 Å². The van der Waals surface area contributed by atoms with Gasteiger partial charge in [0.1, 0.15) is 17.5 Å². The largest absolute Gasteiger partial charge is 0.496 e. The lowest BCUT2D eigenvalue weighted by atomic mass is 10.0. The minimum atomic E-state index is -0.857. The van der Waals surface area contributed by atoms with Gasteiger partial charge in [-0.25, -0.2) is 4.79 Å². The highest BCUT2D eigenvalue weighted by Crippen LogP contribution is 2.34. The van der Waals surface area contributed by atoms with Crippen LogP contribution in [0.15, 0.2) is 12.1 Å². The SMILES string of the molecule is CCOC(=O)C(N)c1ccc(OC)c(C)c1OC. The minimum Gasteiger partial charge on any atom is -0.496 e. The Morgan fingerprint density at radius 3 is 2.50 bits per heavy atom. The molecule has 0 saturated heterocycles. The summed E-state index contributed by atoms with van der Waals surface area (Å²) in [5.74, 6) is 0.766. The monoisotopic (exact) mass is 253 g/mol. The van der Waals surface area contributed by atoms with E-state index in [0.717, 1.165) is 5.56 Å². The summed E-state index contributed by atoms with van der Waals surface area (Å²) in [6.45, 7) is 3.88. The van der Waals surface area contributed by atoms with Gasteiger partial charge in [0.25, 0.3) is 0 Å². The Labute approximate surface area is 107 Å². The van der Waals surface area contributed by atoms with Crippen LogP contribution in [0.3, 0.4) is 0 Å². The fourth-order valence-electron chi connectivity index (χ4n) is 1.79. The van der Waals surface area contributed by atoms with Crippen molar-refractivity contribution in [1.29, 1.82) is 0 Å². The van der Waals surface area contributed by atoms with Gasteiger partial charge < -0.3 is 19.9 Å². The number of benzene rings is 1. The second-order valence-corrected chi connectivity index (χ2v) is 3.75. The fraction of sp³-hybridized carbons (Fsp3) is 0.462. The van der Waals surface area contributed by atoms with Gasteiger partial charge in [-0.05, 0) is 26.0 Å². The second-order valence-electron chi connectivity index (χ2n) is 3.75. The molecule has 1 unspecified atom stereocenters. The van der Waals surface area contributed by atoms with E-state index in [1.54, 1.807) is 26.2 Å². The van der Waals surface area contributed by atoms with Crippen molar-refractivity contribution in [3.63, 3.8) is 0 Å². The first-order valence-electron chi connectivity index (χ1n) is 5.70. The molecule has 1 aromatic carbocycles. The molecule has 0 spiro atoms. The normalized spacial score (nSPS) is 11.8. The van der Waals surface area contributed by atoms with Gasteiger partial charge in [0.15, 0.2) is 0 Å². The molecule has 18 heavy (non-hydrogen) atoms. The van der Waals surface area contributed by atoms with E-state index in [1.165, 1.54) is 7.11 Å². The number of carbonyl (C=O) groups excluding carboxylic acids is 1. The zero-order valence-corrected chi connectivity index (χ0v) is 11.1. The standard InChI is InChI=1S/C13H19NO4/c1-5-18-13(15)11(14)9-6-7-10(16-3)8(2)12(9)17-4/h6-7,11H,5,14H2,1-4H3. The van der Waals surface area contributed by atoms with Gasteiger partial charge in [0.05, 0.1) is 20.8 Å². The van der Waals surface area contributed by atoms with E-state index in [2.05, 4.69) is 0 Å². The van der Waals surface area contributed by atoms with Crippen molar-refractivity contribution in [3.8, 4) is 11.5 Å². The average Bonchev–Trinajstić information content (AvgIpc) is 2.37. The number of rotatable bonds is 5. The lowest BCUT2D eigenvalue weighted by molar-refractivity contribution is -0.144. The van der Waals surface area contributed by atoms with Crippen LogP contribution in [0.5, 0.6) is 11.5 Å². The minimum absolute atomic E-state index is 0.296. The lowest BCUT2D eigenvalue weighted by Gasteiger charge is -2.18. The first-order valence-corrected chi connectivity index (χ1v) is 5.70. The van der Waals surface area contributed by atoms with Gasteiger partial charge in [-0.2, -0.15) is 0 Å². The molecule has 0 heterocycles. The summed E-state index contributed by atoms with van der Waals surface area (Å²) in [6, 6.07) is 2.61. The molecule has 0 bridgehead atoms. The van der Waals surface area contributed by atoms with Crippen LogP contribution < -0.4 is 15.2 Å². The predicted octanol–water partition coefficient (Wildman–Crippen LogP) is 1.58. The van der Waals surface area contributed by atoms with Gasteiger partial charge >= 0.3 is 5.97 Å². The molecule has 0 aliphatic heterocycles. The predicted molar refractivity (Wildman–Crippen MR) is 67.8 cm³/mol. The van der Waals surface area contributed by atoms with Crippen LogP contribution in [0.1, 0.15) is 24.1 Å². The third kappa shape index (κ3) is 2.73. The highest BCUT2D eigenvalue weighted by Gasteiger charge is 2.23. The Balaban J connectivity index is 3.16. The van der Waals surface area contributed by atoms with Crippen LogP contribution in [0.2, 0.25) is 0 Å². The zero-order chi connectivity index (χ0) is 13.7.